The van der Waals surface area contributed by atoms with Crippen molar-refractivity contribution in [3.05, 3.63) is 57.4 Å². The molecule has 6 heteroatoms. The number of benzene rings is 2. The van der Waals surface area contributed by atoms with Gasteiger partial charge >= 0.3 is 5.97 Å². The molecule has 0 amide bonds. The molecule has 1 aliphatic rings. The van der Waals surface area contributed by atoms with E-state index in [1.807, 2.05) is 26.8 Å². The molecule has 1 N–H and O–H groups in total. The minimum atomic E-state index is -0.897. The van der Waals surface area contributed by atoms with Crippen molar-refractivity contribution in [2.24, 2.45) is 0 Å². The number of halogens is 2. The first kappa shape index (κ1) is 21.4. The third kappa shape index (κ3) is 5.02. The minimum Gasteiger partial charge on any atom is -0.487 e. The van der Waals surface area contributed by atoms with Crippen LogP contribution in [0.25, 0.3) is 0 Å². The molecule has 0 bridgehead atoms. The first-order valence-corrected chi connectivity index (χ1v) is 10.2. The Hall–Kier alpha value is -2.27. The molecule has 0 fully saturated rings. The van der Waals surface area contributed by atoms with Crippen LogP contribution in [0.4, 0.5) is 4.39 Å². The maximum Gasteiger partial charge on any atom is 0.303 e. The molecule has 2 aromatic rings. The zero-order chi connectivity index (χ0) is 21.2. The van der Waals surface area contributed by atoms with Crippen molar-refractivity contribution in [1.82, 2.24) is 0 Å². The van der Waals surface area contributed by atoms with E-state index in [1.165, 1.54) is 0 Å². The van der Waals surface area contributed by atoms with Crippen LogP contribution in [0, 0.1) is 5.82 Å². The molecule has 29 heavy (non-hydrogen) atoms. The van der Waals surface area contributed by atoms with E-state index in [9.17, 15) is 4.79 Å². The third-order valence-electron chi connectivity index (χ3n) is 5.00. The molecule has 0 saturated carbocycles. The van der Waals surface area contributed by atoms with Crippen LogP contribution in [0.5, 0.6) is 11.5 Å². The van der Waals surface area contributed by atoms with Gasteiger partial charge in [0.2, 0.25) is 0 Å². The number of aryl methyl sites for hydroxylation is 1. The lowest BCUT2D eigenvalue weighted by Crippen LogP contribution is -2.25. The lowest BCUT2D eigenvalue weighted by Gasteiger charge is -2.19. The lowest BCUT2D eigenvalue weighted by molar-refractivity contribution is -0.136. The topological polar surface area (TPSA) is 55.8 Å². The molecule has 0 aliphatic carbocycles. The van der Waals surface area contributed by atoms with Crippen molar-refractivity contribution in [2.75, 3.05) is 0 Å². The predicted octanol–water partition coefficient (Wildman–Crippen LogP) is 5.74. The average molecular weight is 421 g/mol. The van der Waals surface area contributed by atoms with Crippen molar-refractivity contribution in [1.29, 1.82) is 0 Å². The van der Waals surface area contributed by atoms with Crippen LogP contribution in [0.2, 0.25) is 5.02 Å². The van der Waals surface area contributed by atoms with Crippen molar-refractivity contribution in [2.45, 2.75) is 65.1 Å². The van der Waals surface area contributed by atoms with E-state index in [0.29, 0.717) is 29.0 Å². The summed E-state index contributed by atoms with van der Waals surface area (Å²) in [7, 11) is 0. The highest BCUT2D eigenvalue weighted by molar-refractivity contribution is 6.30. The number of fused-ring (bicyclic) bond motifs is 1. The van der Waals surface area contributed by atoms with E-state index in [-0.39, 0.29) is 24.4 Å². The van der Waals surface area contributed by atoms with Crippen molar-refractivity contribution >= 4 is 17.6 Å². The van der Waals surface area contributed by atoms with Gasteiger partial charge in [-0.2, -0.15) is 0 Å². The van der Waals surface area contributed by atoms with E-state index in [2.05, 4.69) is 0 Å². The molecule has 1 aliphatic heterocycles. The van der Waals surface area contributed by atoms with Crippen molar-refractivity contribution in [3.8, 4) is 11.5 Å². The van der Waals surface area contributed by atoms with Gasteiger partial charge in [0, 0.05) is 23.4 Å². The second kappa shape index (κ2) is 8.62. The van der Waals surface area contributed by atoms with Gasteiger partial charge in [-0.05, 0) is 61.6 Å². The van der Waals surface area contributed by atoms with Gasteiger partial charge in [0.1, 0.15) is 18.0 Å². The number of aliphatic carboxylic acids is 1. The molecular weight excluding hydrogens is 395 g/mol. The molecule has 0 saturated heterocycles. The molecule has 0 spiro atoms. The highest BCUT2D eigenvalue weighted by Crippen LogP contribution is 2.40. The first-order chi connectivity index (χ1) is 13.7. The Kier molecular flexibility index (Phi) is 6.37. The van der Waals surface area contributed by atoms with Gasteiger partial charge in [-0.3, -0.25) is 4.79 Å². The molecule has 0 unspecified atom stereocenters. The molecule has 0 aromatic heterocycles. The Morgan fingerprint density at radius 2 is 2.03 bits per heavy atom. The van der Waals surface area contributed by atoms with Gasteiger partial charge < -0.3 is 14.6 Å². The number of ether oxygens (including phenoxy) is 2. The van der Waals surface area contributed by atoms with E-state index >= 15 is 4.39 Å². The van der Waals surface area contributed by atoms with Gasteiger partial charge in [-0.15, -0.1) is 0 Å². The normalized spacial score (nSPS) is 14.4. The largest absolute Gasteiger partial charge is 0.487 e. The Morgan fingerprint density at radius 3 is 2.72 bits per heavy atom. The fourth-order valence-corrected chi connectivity index (χ4v) is 4.02. The highest BCUT2D eigenvalue weighted by Gasteiger charge is 2.32. The number of carboxylic acids is 1. The quantitative estimate of drug-likeness (QED) is 0.591. The SMILES string of the molecule is CCCc1c(CCC(=O)O)ccc(OCc2cc(Cl)cc3c2OC(C)(C)C3)c1F. The van der Waals surface area contributed by atoms with Crippen LogP contribution in [0.3, 0.4) is 0 Å². The number of hydrogen-bond acceptors (Lipinski definition) is 3. The number of hydrogen-bond donors (Lipinski definition) is 1. The van der Waals surface area contributed by atoms with Gasteiger partial charge in [-0.25, -0.2) is 4.39 Å². The van der Waals surface area contributed by atoms with Crippen LogP contribution >= 0.6 is 11.6 Å². The van der Waals surface area contributed by atoms with Gasteiger partial charge in [0.15, 0.2) is 11.6 Å². The summed E-state index contributed by atoms with van der Waals surface area (Å²) in [6.07, 6.45) is 2.31. The number of carbonyl (C=O) groups is 1. The van der Waals surface area contributed by atoms with Gasteiger partial charge in [0.05, 0.1) is 0 Å². The van der Waals surface area contributed by atoms with Crippen LogP contribution < -0.4 is 9.47 Å². The van der Waals surface area contributed by atoms with Crippen LogP contribution in [0.1, 0.15) is 55.9 Å². The van der Waals surface area contributed by atoms with Gasteiger partial charge in [0.25, 0.3) is 0 Å². The van der Waals surface area contributed by atoms with Crippen LogP contribution in [0.15, 0.2) is 24.3 Å². The maximum absolute atomic E-state index is 15.1. The zero-order valence-corrected chi connectivity index (χ0v) is 17.7. The van der Waals surface area contributed by atoms with E-state index in [1.54, 1.807) is 18.2 Å². The molecular formula is C23H26ClFO4. The summed E-state index contributed by atoms with van der Waals surface area (Å²) in [4.78, 5) is 10.9. The van der Waals surface area contributed by atoms with Crippen molar-refractivity contribution < 1.29 is 23.8 Å². The number of rotatable bonds is 8. The molecule has 156 valence electrons. The summed E-state index contributed by atoms with van der Waals surface area (Å²) in [5, 5.41) is 9.52. The summed E-state index contributed by atoms with van der Waals surface area (Å²) in [6, 6.07) is 7.01. The Balaban J connectivity index is 1.83. The molecule has 0 radical (unpaired) electrons. The monoisotopic (exact) mass is 420 g/mol. The Morgan fingerprint density at radius 1 is 1.28 bits per heavy atom. The summed E-state index contributed by atoms with van der Waals surface area (Å²) >= 11 is 6.25. The fraction of sp³-hybridized carbons (Fsp3) is 0.435. The highest BCUT2D eigenvalue weighted by atomic mass is 35.5. The first-order valence-electron chi connectivity index (χ1n) is 9.85. The lowest BCUT2D eigenvalue weighted by atomic mass is 9.98. The van der Waals surface area contributed by atoms with Crippen molar-refractivity contribution in [3.63, 3.8) is 0 Å². The second-order valence-corrected chi connectivity index (χ2v) is 8.48. The second-order valence-electron chi connectivity index (χ2n) is 8.04. The van der Waals surface area contributed by atoms with Crippen LogP contribution in [-0.2, 0) is 30.7 Å². The minimum absolute atomic E-state index is 0.0296. The molecule has 3 rings (SSSR count). The van der Waals surface area contributed by atoms with E-state index < -0.39 is 11.8 Å². The fourth-order valence-electron chi connectivity index (χ4n) is 3.76. The molecule has 4 nitrogen and oxygen atoms in total. The Labute approximate surface area is 175 Å². The van der Waals surface area contributed by atoms with Crippen LogP contribution in [-0.4, -0.2) is 16.7 Å². The van der Waals surface area contributed by atoms with E-state index in [4.69, 9.17) is 26.2 Å². The Bertz CT molecular complexity index is 924. The predicted molar refractivity (Wildman–Crippen MR) is 111 cm³/mol. The molecule has 1 heterocycles. The number of carboxylic acid groups (broad SMARTS) is 1. The average Bonchev–Trinajstić information content (AvgIpc) is 2.95. The summed E-state index contributed by atoms with van der Waals surface area (Å²) < 4.78 is 26.9. The van der Waals surface area contributed by atoms with Gasteiger partial charge in [-0.1, -0.05) is 31.0 Å². The third-order valence-corrected chi connectivity index (χ3v) is 5.22. The maximum atomic E-state index is 15.1. The molecule has 2 aromatic carbocycles. The smallest absolute Gasteiger partial charge is 0.303 e. The summed E-state index contributed by atoms with van der Waals surface area (Å²) in [5.41, 5.74) is 2.74. The summed E-state index contributed by atoms with van der Waals surface area (Å²) in [5.74, 6) is -0.411. The summed E-state index contributed by atoms with van der Waals surface area (Å²) in [6.45, 7) is 6.12. The molecule has 0 atom stereocenters. The standard InChI is InChI=1S/C23H26ClFO4/c1-4-5-18-14(7-9-20(26)27)6-8-19(21(18)25)28-13-16-11-17(24)10-15-12-23(2,3)29-22(15)16/h6,8,10-11H,4-5,7,9,12-13H2,1-3H3,(H,26,27). The zero-order valence-electron chi connectivity index (χ0n) is 17.0. The van der Waals surface area contributed by atoms with E-state index in [0.717, 1.165) is 29.7 Å².